The number of carbonyl (C=O) groups excluding carboxylic acids is 1. The van der Waals surface area contributed by atoms with Crippen LogP contribution in [-0.2, 0) is 18.4 Å². The lowest BCUT2D eigenvalue weighted by Crippen LogP contribution is -2.54. The maximum absolute atomic E-state index is 14.5. The van der Waals surface area contributed by atoms with E-state index in [1.165, 1.54) is 5.57 Å². The van der Waals surface area contributed by atoms with Crippen LogP contribution in [-0.4, -0.2) is 61.9 Å². The Hall–Kier alpha value is -1.92. The largest absolute Gasteiger partial charge is 0.481 e. The predicted molar refractivity (Wildman–Crippen MR) is 210 cm³/mol. The summed E-state index contributed by atoms with van der Waals surface area (Å²) in [4.78, 5) is 30.9. The molecule has 9 heteroatoms. The number of allylic oxidation sites excluding steroid dienone is 1. The molecule has 0 aliphatic carbocycles. The minimum atomic E-state index is -2.37. The molecule has 1 aromatic heterocycles. The molecule has 1 rings (SSSR count). The van der Waals surface area contributed by atoms with Crippen molar-refractivity contribution in [2.45, 2.75) is 170 Å². The van der Waals surface area contributed by atoms with E-state index in [1.807, 2.05) is 52.0 Å². The summed E-state index contributed by atoms with van der Waals surface area (Å²) in [6, 6.07) is 5.73. The second kappa shape index (κ2) is 18.0. The van der Waals surface area contributed by atoms with Crippen LogP contribution in [0.3, 0.4) is 0 Å². The summed E-state index contributed by atoms with van der Waals surface area (Å²) in [5, 5.41) is 20.5. The summed E-state index contributed by atoms with van der Waals surface area (Å²) in [7, 11) is -4.63. The summed E-state index contributed by atoms with van der Waals surface area (Å²) in [5.41, 5.74) is 1.91. The molecular weight excluding hydrogens is 647 g/mol. The van der Waals surface area contributed by atoms with Crippen molar-refractivity contribution in [2.75, 3.05) is 0 Å². The lowest BCUT2D eigenvalue weighted by molar-refractivity contribution is -0.146. The van der Waals surface area contributed by atoms with Gasteiger partial charge in [0.1, 0.15) is 5.78 Å². The lowest BCUT2D eigenvalue weighted by Gasteiger charge is -2.46. The molecule has 0 aliphatic heterocycles. The number of hydrogen-bond donors (Lipinski definition) is 2. The van der Waals surface area contributed by atoms with Gasteiger partial charge in [0.05, 0.1) is 30.4 Å². The van der Waals surface area contributed by atoms with Crippen LogP contribution in [0.5, 0.6) is 0 Å². The molecule has 1 heterocycles. The monoisotopic (exact) mass is 717 g/mol. The molecule has 5 atom stereocenters. The molecule has 0 fully saturated rings. The van der Waals surface area contributed by atoms with Gasteiger partial charge in [-0.2, -0.15) is 0 Å². The van der Waals surface area contributed by atoms with E-state index in [0.29, 0.717) is 6.42 Å². The number of carboxylic acid groups (broad SMARTS) is 1. The predicted octanol–water partition coefficient (Wildman–Crippen LogP) is 10.5. The van der Waals surface area contributed by atoms with Crippen molar-refractivity contribution in [3.8, 4) is 0 Å². The number of aliphatic hydroxyl groups excluding tert-OH is 1. The molecule has 0 amide bonds. The van der Waals surface area contributed by atoms with Crippen molar-refractivity contribution < 1.29 is 28.7 Å². The fourth-order valence-corrected chi connectivity index (χ4v) is 8.43. The number of aliphatic hydroxyl groups is 1. The summed E-state index contributed by atoms with van der Waals surface area (Å²) >= 11 is 0. The smallest absolute Gasteiger partial charge is 0.305 e. The van der Waals surface area contributed by atoms with Crippen LogP contribution in [0.2, 0.25) is 36.3 Å². The number of nitrogens with zero attached hydrogens (tertiary/aromatic N) is 1. The highest BCUT2D eigenvalue weighted by Crippen LogP contribution is 2.44. The number of ketones is 1. The van der Waals surface area contributed by atoms with Gasteiger partial charge in [-0.3, -0.25) is 14.6 Å². The van der Waals surface area contributed by atoms with E-state index in [4.69, 9.17) is 8.85 Å². The van der Waals surface area contributed by atoms with Crippen molar-refractivity contribution >= 4 is 34.5 Å². The molecule has 0 unspecified atom stereocenters. The number of carbonyl (C=O) groups is 2. The first-order valence-electron chi connectivity index (χ1n) is 18.2. The first-order valence-corrected chi connectivity index (χ1v) is 24.0. The van der Waals surface area contributed by atoms with Crippen molar-refractivity contribution in [1.82, 2.24) is 4.98 Å². The van der Waals surface area contributed by atoms with E-state index in [0.717, 1.165) is 30.5 Å². The number of rotatable bonds is 19. The summed E-state index contributed by atoms with van der Waals surface area (Å²) in [6.07, 6.45) is 7.19. The van der Waals surface area contributed by atoms with E-state index < -0.39 is 46.1 Å². The molecule has 2 N–H and O–H groups in total. The number of aliphatic carboxylic acids is 1. The van der Waals surface area contributed by atoms with E-state index in [9.17, 15) is 19.8 Å². The molecule has 0 saturated heterocycles. The molecule has 280 valence electrons. The highest BCUT2D eigenvalue weighted by Gasteiger charge is 2.49. The van der Waals surface area contributed by atoms with Gasteiger partial charge >= 0.3 is 5.97 Å². The van der Waals surface area contributed by atoms with Crippen LogP contribution in [0.4, 0.5) is 0 Å². The van der Waals surface area contributed by atoms with E-state index in [1.54, 1.807) is 6.20 Å². The zero-order valence-corrected chi connectivity index (χ0v) is 35.9. The molecule has 0 bridgehead atoms. The van der Waals surface area contributed by atoms with Gasteiger partial charge in [0.25, 0.3) is 0 Å². The van der Waals surface area contributed by atoms with Gasteiger partial charge in [-0.25, -0.2) is 0 Å². The van der Waals surface area contributed by atoms with E-state index in [2.05, 4.69) is 92.6 Å². The zero-order valence-electron chi connectivity index (χ0n) is 33.9. The van der Waals surface area contributed by atoms with Crippen LogP contribution in [0.15, 0.2) is 41.6 Å². The Balaban J connectivity index is 3.20. The fourth-order valence-electron chi connectivity index (χ4n) is 5.52. The third kappa shape index (κ3) is 13.6. The molecular formula is C40H71NO6Si2. The van der Waals surface area contributed by atoms with Crippen molar-refractivity contribution in [3.05, 3.63) is 47.3 Å². The molecule has 0 aromatic carbocycles. The molecule has 49 heavy (non-hydrogen) atoms. The molecule has 7 nitrogen and oxygen atoms in total. The van der Waals surface area contributed by atoms with Gasteiger partial charge in [0.2, 0.25) is 0 Å². The maximum atomic E-state index is 14.5. The SMILES string of the molecule is C/C(=C\C[C@H](O)/C(C)=C/c1ccccn1)CCC[C@H](C)[C@H](O[Si](C)(C)C(C)(C)C)[C@@H](C)C(=O)C(C)(C)[C@H](CC(=O)O)O[Si](C)(C)C(C)(C)C. The summed E-state index contributed by atoms with van der Waals surface area (Å²) in [6.45, 7) is 33.6. The van der Waals surface area contributed by atoms with Gasteiger partial charge in [0, 0.05) is 17.5 Å². The second-order valence-electron chi connectivity index (χ2n) is 18.0. The molecule has 0 radical (unpaired) electrons. The average Bonchev–Trinajstić information content (AvgIpc) is 2.96. The standard InChI is InChI=1S/C40H71NO6Si2/c1-28(23-24-33(42)30(3)26-32-22-17-18-25-41-32)20-19-21-29(2)36(47-49(15,16)39(8,9)10)31(4)37(45)40(11,12)34(27-35(43)44)46-48(13,14)38(5,6)7/h17-18,22-23,25-26,29,31,33-34,36,42H,19-21,24,27H2,1-16H3,(H,43,44)/b28-23+,30-26+/t29-,31+,33-,34-,36-/m0/s1. The molecule has 0 spiro atoms. The third-order valence-corrected chi connectivity index (χ3v) is 20.2. The molecule has 0 saturated carbocycles. The van der Waals surface area contributed by atoms with Crippen LogP contribution in [0.1, 0.15) is 121 Å². The molecule has 0 aliphatic rings. The van der Waals surface area contributed by atoms with Crippen molar-refractivity contribution in [3.63, 3.8) is 0 Å². The molecule has 1 aromatic rings. The second-order valence-corrected chi connectivity index (χ2v) is 27.5. The van der Waals surface area contributed by atoms with Gasteiger partial charge in [-0.1, -0.05) is 87.0 Å². The quantitative estimate of drug-likeness (QED) is 0.108. The van der Waals surface area contributed by atoms with Crippen LogP contribution < -0.4 is 0 Å². The van der Waals surface area contributed by atoms with Gasteiger partial charge in [0.15, 0.2) is 16.6 Å². The Morgan fingerprint density at radius 1 is 0.918 bits per heavy atom. The minimum Gasteiger partial charge on any atom is -0.481 e. The Kier molecular flexibility index (Phi) is 16.6. The minimum absolute atomic E-state index is 0.00721. The van der Waals surface area contributed by atoms with Gasteiger partial charge in [-0.15, -0.1) is 0 Å². The van der Waals surface area contributed by atoms with Gasteiger partial charge < -0.3 is 19.1 Å². The Morgan fingerprint density at radius 2 is 1.47 bits per heavy atom. The van der Waals surface area contributed by atoms with Crippen molar-refractivity contribution in [2.24, 2.45) is 17.3 Å². The Bertz CT molecular complexity index is 1270. The first kappa shape index (κ1) is 45.1. The number of Topliss-reactive ketones (excluding diaryl/α,β-unsaturated/α-hetero) is 1. The normalized spacial score (nSPS) is 17.3. The Labute approximate surface area is 301 Å². The van der Waals surface area contributed by atoms with E-state index in [-0.39, 0.29) is 34.3 Å². The summed E-state index contributed by atoms with van der Waals surface area (Å²) < 4.78 is 13.8. The number of hydrogen-bond acceptors (Lipinski definition) is 6. The lowest BCUT2D eigenvalue weighted by atomic mass is 9.73. The fraction of sp³-hybridized carbons (Fsp3) is 0.725. The van der Waals surface area contributed by atoms with Crippen LogP contribution in [0.25, 0.3) is 6.08 Å². The van der Waals surface area contributed by atoms with Crippen molar-refractivity contribution in [1.29, 1.82) is 0 Å². The van der Waals surface area contributed by atoms with Crippen LogP contribution in [0, 0.1) is 17.3 Å². The number of aromatic nitrogens is 1. The Morgan fingerprint density at radius 3 is 1.96 bits per heavy atom. The first-order chi connectivity index (χ1) is 22.1. The topological polar surface area (TPSA) is 106 Å². The van der Waals surface area contributed by atoms with Gasteiger partial charge in [-0.05, 0) is 105 Å². The highest BCUT2D eigenvalue weighted by atomic mass is 28.4. The zero-order chi connectivity index (χ0) is 38.2. The average molecular weight is 718 g/mol. The number of pyridine rings is 1. The highest BCUT2D eigenvalue weighted by molar-refractivity contribution is 6.74. The third-order valence-electron chi connectivity index (χ3n) is 11.3. The maximum Gasteiger partial charge on any atom is 0.305 e. The summed E-state index contributed by atoms with van der Waals surface area (Å²) in [5.74, 6) is -1.31. The van der Waals surface area contributed by atoms with E-state index >= 15 is 0 Å². The number of carboxylic acids is 1. The van der Waals surface area contributed by atoms with Crippen LogP contribution >= 0.6 is 0 Å².